The molecule has 7 aromatic carbocycles. The molecule has 1 atom stereocenters. The summed E-state index contributed by atoms with van der Waals surface area (Å²) in [5.74, 6) is 2.64. The van der Waals surface area contributed by atoms with Crippen LogP contribution in [-0.4, -0.2) is 17.7 Å². The number of benzene rings is 7. The SMILES string of the molecule is FC(F)(F)c1ccc([B-](c2ccc(C(F)(F)F)cc2)(c2ccc(C(F)(F)F)cc2)c2ccc(C(F)(F)F)cc2)cc1.O=C(C[S+](=O)(C#Cc1ccccc1)c1ccccc1)c1ccc(Br)cc1. The van der Waals surface area contributed by atoms with Crippen molar-refractivity contribution >= 4 is 59.6 Å². The lowest BCUT2D eigenvalue weighted by Crippen LogP contribution is -2.74. The molecule has 0 bridgehead atoms. The second kappa shape index (κ2) is 19.8. The van der Waals surface area contributed by atoms with Gasteiger partial charge in [-0.1, -0.05) is 166 Å². The molecule has 1 unspecified atom stereocenters. The van der Waals surface area contributed by atoms with E-state index in [4.69, 9.17) is 0 Å². The molecular weight excluding hydrogens is 983 g/mol. The summed E-state index contributed by atoms with van der Waals surface area (Å²) in [5.41, 5.74) is -3.00. The van der Waals surface area contributed by atoms with Gasteiger partial charge in [-0.2, -0.15) is 74.5 Å². The van der Waals surface area contributed by atoms with Crippen molar-refractivity contribution in [3.63, 3.8) is 0 Å². The van der Waals surface area contributed by atoms with Crippen molar-refractivity contribution in [2.45, 2.75) is 29.6 Å². The summed E-state index contributed by atoms with van der Waals surface area (Å²) in [7, 11) is -2.85. The number of hydrogen-bond acceptors (Lipinski definition) is 2. The Morgan fingerprint density at radius 3 is 1.07 bits per heavy atom. The van der Waals surface area contributed by atoms with E-state index in [9.17, 15) is 61.7 Å². The third-order valence-corrected chi connectivity index (χ3v) is 13.4. The van der Waals surface area contributed by atoms with Crippen molar-refractivity contribution in [2.75, 3.05) is 5.75 Å². The highest BCUT2D eigenvalue weighted by molar-refractivity contribution is 9.10. The molecule has 0 amide bonds. The first-order valence-electron chi connectivity index (χ1n) is 19.7. The largest absolute Gasteiger partial charge is 0.416 e. The Labute approximate surface area is 386 Å². The lowest BCUT2D eigenvalue weighted by atomic mass is 9.13. The number of halogens is 13. The molecule has 0 saturated carbocycles. The zero-order valence-corrected chi connectivity index (χ0v) is 36.6. The van der Waals surface area contributed by atoms with E-state index in [1.54, 1.807) is 36.4 Å². The van der Waals surface area contributed by atoms with Gasteiger partial charge in [0, 0.05) is 15.6 Å². The molecule has 0 aromatic heterocycles. The molecule has 0 heterocycles. The second-order valence-electron chi connectivity index (χ2n) is 15.0. The number of alkyl halides is 12. The number of carbonyl (C=O) groups is 1. The zero-order valence-electron chi connectivity index (χ0n) is 34.2. The Kier molecular flexibility index (Phi) is 14.8. The molecule has 0 fully saturated rings. The highest BCUT2D eigenvalue weighted by Crippen LogP contribution is 2.33. The van der Waals surface area contributed by atoms with Gasteiger partial charge < -0.3 is 0 Å². The third kappa shape index (κ3) is 12.0. The quantitative estimate of drug-likeness (QED) is 0.0500. The number of carbonyl (C=O) groups excluding carboxylic acids is 1. The Hall–Kier alpha value is -6.38. The van der Waals surface area contributed by atoms with Gasteiger partial charge in [0.2, 0.25) is 15.7 Å². The first kappa shape index (κ1) is 50.0. The summed E-state index contributed by atoms with van der Waals surface area (Å²) >= 11 is 3.35. The summed E-state index contributed by atoms with van der Waals surface area (Å²) in [6.07, 6.45) is -22.0. The van der Waals surface area contributed by atoms with E-state index < -0.39 is 63.0 Å². The molecule has 67 heavy (non-hydrogen) atoms. The molecule has 344 valence electrons. The van der Waals surface area contributed by atoms with Crippen molar-refractivity contribution in [1.82, 2.24) is 0 Å². The van der Waals surface area contributed by atoms with Crippen molar-refractivity contribution in [3.8, 4) is 11.2 Å². The normalized spacial score (nSPS) is 13.0. The van der Waals surface area contributed by atoms with Crippen molar-refractivity contribution in [3.05, 3.63) is 220 Å². The predicted octanol–water partition coefficient (Wildman–Crippen LogP) is 12.3. The van der Waals surface area contributed by atoms with Gasteiger partial charge in [0.15, 0.2) is 15.9 Å². The molecule has 0 N–H and O–H groups in total. The van der Waals surface area contributed by atoms with E-state index in [-0.39, 0.29) is 33.4 Å². The minimum absolute atomic E-state index is 0.0114. The minimum Gasteiger partial charge on any atom is -0.289 e. The van der Waals surface area contributed by atoms with Crippen LogP contribution < -0.4 is 21.9 Å². The average Bonchev–Trinajstić information content (AvgIpc) is 3.29. The van der Waals surface area contributed by atoms with Crippen LogP contribution in [0, 0.1) is 11.2 Å². The Morgan fingerprint density at radius 2 is 0.761 bits per heavy atom. The summed E-state index contributed by atoms with van der Waals surface area (Å²) in [5, 5.41) is 2.89. The first-order valence-corrected chi connectivity index (χ1v) is 22.2. The number of ketones is 1. The molecule has 0 spiro atoms. The maximum atomic E-state index is 13.6. The maximum absolute atomic E-state index is 13.6. The maximum Gasteiger partial charge on any atom is 0.416 e. The Balaban J connectivity index is 0.000000244. The zero-order chi connectivity index (χ0) is 48.8. The van der Waals surface area contributed by atoms with Crippen LogP contribution in [0.2, 0.25) is 0 Å². The van der Waals surface area contributed by atoms with Gasteiger partial charge in [-0.3, -0.25) is 4.79 Å². The van der Waals surface area contributed by atoms with Crippen LogP contribution in [-0.2, 0) is 38.8 Å². The van der Waals surface area contributed by atoms with Crippen LogP contribution in [0.3, 0.4) is 0 Å². The van der Waals surface area contributed by atoms with E-state index in [1.165, 1.54) is 0 Å². The van der Waals surface area contributed by atoms with Gasteiger partial charge in [0.25, 0.3) is 0 Å². The highest BCUT2D eigenvalue weighted by atomic mass is 79.9. The highest BCUT2D eigenvalue weighted by Gasteiger charge is 2.39. The van der Waals surface area contributed by atoms with Crippen LogP contribution in [0.1, 0.15) is 38.2 Å². The summed E-state index contributed by atoms with van der Waals surface area (Å²) in [4.78, 5) is 13.3. The monoisotopic (exact) mass is 1010 g/mol. The molecule has 0 saturated heterocycles. The smallest absolute Gasteiger partial charge is 0.289 e. The standard InChI is InChI=1S/C28H16BF12.C22H16BrO2S/c30-25(31,32)17-1-9-21(10-2-17)29(22-11-3-18(4-12-22)26(33,34)35,23-13-5-19(6-14-23)27(36,37)38)24-15-7-20(8-16-24)28(39,40)41;23-20-13-11-19(12-14-20)22(24)17-26(25,21-9-5-2-6-10-21)16-15-18-7-3-1-4-8-18/h1-16H;1-14H,17H2/q-1;+1. The fourth-order valence-electron chi connectivity index (χ4n) is 7.38. The summed E-state index contributed by atoms with van der Waals surface area (Å²) in [6, 6.07) is 39.0. The Bertz CT molecular complexity index is 2650. The minimum atomic E-state index is -4.77. The van der Waals surface area contributed by atoms with Crippen molar-refractivity contribution in [2.24, 2.45) is 0 Å². The molecular formula is C50H32BBrF12O2S. The second-order valence-corrected chi connectivity index (χ2v) is 18.2. The van der Waals surface area contributed by atoms with Gasteiger partial charge in [-0.15, -0.1) is 0 Å². The molecule has 2 nitrogen and oxygen atoms in total. The molecule has 7 rings (SSSR count). The fraction of sp³-hybridized carbons (Fsp3) is 0.100. The van der Waals surface area contributed by atoms with Crippen LogP contribution in [0.25, 0.3) is 0 Å². The number of hydrogen-bond donors (Lipinski definition) is 0. The fourth-order valence-corrected chi connectivity index (χ4v) is 9.42. The van der Waals surface area contributed by atoms with Gasteiger partial charge in [-0.25, -0.2) is 0 Å². The van der Waals surface area contributed by atoms with E-state index in [0.717, 1.165) is 58.6 Å². The van der Waals surface area contributed by atoms with Gasteiger partial charge in [0.1, 0.15) is 6.15 Å². The van der Waals surface area contributed by atoms with E-state index in [1.807, 2.05) is 48.5 Å². The molecule has 7 aromatic rings. The average molecular weight is 1020 g/mol. The van der Waals surface area contributed by atoms with Gasteiger partial charge in [-0.05, 0) is 42.3 Å². The number of Topliss-reactive ketones (excluding diaryl/α,β-unsaturated/α-hetero) is 1. The summed E-state index contributed by atoms with van der Waals surface area (Å²) in [6.45, 7) is 0. The third-order valence-electron chi connectivity index (χ3n) is 10.7. The van der Waals surface area contributed by atoms with Crippen molar-refractivity contribution in [1.29, 1.82) is 0 Å². The van der Waals surface area contributed by atoms with Crippen LogP contribution >= 0.6 is 15.9 Å². The molecule has 0 radical (unpaired) electrons. The number of rotatable bonds is 8. The molecule has 0 aliphatic heterocycles. The summed E-state index contributed by atoms with van der Waals surface area (Å²) < 4.78 is 175. The van der Waals surface area contributed by atoms with Crippen LogP contribution in [0.15, 0.2) is 191 Å². The van der Waals surface area contributed by atoms with E-state index >= 15 is 0 Å². The molecule has 0 aliphatic rings. The van der Waals surface area contributed by atoms with E-state index in [2.05, 4.69) is 27.1 Å². The Morgan fingerprint density at radius 1 is 0.448 bits per heavy atom. The topological polar surface area (TPSA) is 34.1 Å². The van der Waals surface area contributed by atoms with Gasteiger partial charge in [0.05, 0.1) is 22.3 Å². The lowest BCUT2D eigenvalue weighted by Gasteiger charge is -2.44. The van der Waals surface area contributed by atoms with E-state index in [0.29, 0.717) is 59.0 Å². The van der Waals surface area contributed by atoms with Gasteiger partial charge >= 0.3 is 24.7 Å². The van der Waals surface area contributed by atoms with Crippen LogP contribution in [0.4, 0.5) is 52.7 Å². The lowest BCUT2D eigenvalue weighted by molar-refractivity contribution is -0.138. The van der Waals surface area contributed by atoms with Crippen LogP contribution in [0.5, 0.6) is 0 Å². The predicted molar refractivity (Wildman–Crippen MR) is 239 cm³/mol. The van der Waals surface area contributed by atoms with Crippen molar-refractivity contribution < 1.29 is 61.7 Å². The first-order chi connectivity index (χ1) is 31.4. The molecule has 0 aliphatic carbocycles. The molecule has 17 heteroatoms.